The van der Waals surface area contributed by atoms with E-state index in [1.807, 2.05) is 4.90 Å². The van der Waals surface area contributed by atoms with Crippen LogP contribution in [0.15, 0.2) is 30.6 Å². The second kappa shape index (κ2) is 9.05. The first-order chi connectivity index (χ1) is 14.2. The van der Waals surface area contributed by atoms with E-state index in [0.717, 1.165) is 6.07 Å². The minimum Gasteiger partial charge on any atom is -0.486 e. The maximum Gasteiger partial charge on any atom is 0.416 e. The topological polar surface area (TPSA) is 84.6 Å². The number of carbonyl (C=O) groups is 1. The van der Waals surface area contributed by atoms with Crippen molar-refractivity contribution in [2.75, 3.05) is 31.1 Å². The number of anilines is 1. The predicted molar refractivity (Wildman–Crippen MR) is 105 cm³/mol. The summed E-state index contributed by atoms with van der Waals surface area (Å²) in [5.74, 6) is 0.606. The number of nitrogens with two attached hydrogens (primary N) is 1. The molecule has 11 heteroatoms. The number of hydrogen-bond acceptors (Lipinski definition) is 6. The van der Waals surface area contributed by atoms with Crippen LogP contribution < -0.4 is 15.4 Å². The van der Waals surface area contributed by atoms with E-state index in [9.17, 15) is 18.0 Å². The van der Waals surface area contributed by atoms with Gasteiger partial charge in [0.05, 0.1) is 24.0 Å². The van der Waals surface area contributed by atoms with Gasteiger partial charge in [-0.2, -0.15) is 13.2 Å². The van der Waals surface area contributed by atoms with E-state index in [2.05, 4.69) is 9.97 Å². The molecule has 1 fully saturated rings. The third kappa shape index (κ3) is 4.93. The largest absolute Gasteiger partial charge is 0.486 e. The van der Waals surface area contributed by atoms with Crippen LogP contribution in [0.25, 0.3) is 0 Å². The summed E-state index contributed by atoms with van der Waals surface area (Å²) < 4.78 is 45.0. The van der Waals surface area contributed by atoms with Crippen molar-refractivity contribution in [1.29, 1.82) is 0 Å². The van der Waals surface area contributed by atoms with Gasteiger partial charge in [-0.1, -0.05) is 17.7 Å². The Kier molecular flexibility index (Phi) is 6.67. The van der Waals surface area contributed by atoms with Crippen LogP contribution in [0, 0.1) is 0 Å². The Balaban J connectivity index is 1.67. The Hall–Kier alpha value is -2.59. The normalized spacial score (nSPS) is 17.2. The van der Waals surface area contributed by atoms with E-state index in [4.69, 9.17) is 22.1 Å². The van der Waals surface area contributed by atoms with Gasteiger partial charge in [-0.15, -0.1) is 0 Å². The van der Waals surface area contributed by atoms with Gasteiger partial charge in [0.25, 0.3) is 0 Å². The highest BCUT2D eigenvalue weighted by Gasteiger charge is 2.34. The van der Waals surface area contributed by atoms with E-state index in [-0.39, 0.29) is 34.9 Å². The number of aromatic nitrogens is 2. The van der Waals surface area contributed by atoms with Crippen LogP contribution in [0.4, 0.5) is 19.1 Å². The zero-order valence-corrected chi connectivity index (χ0v) is 17.0. The Morgan fingerprint density at radius 2 is 2.00 bits per heavy atom. The molecule has 3 rings (SSSR count). The molecule has 2 aromatic rings. The molecule has 30 heavy (non-hydrogen) atoms. The third-order valence-electron chi connectivity index (χ3n) is 4.86. The van der Waals surface area contributed by atoms with Crippen LogP contribution in [0.5, 0.6) is 5.75 Å². The quantitative estimate of drug-likeness (QED) is 0.765. The molecular formula is C19H21ClF3N5O2. The second-order valence-electron chi connectivity index (χ2n) is 6.82. The lowest BCUT2D eigenvalue weighted by atomic mass is 10.1. The number of alkyl halides is 3. The van der Waals surface area contributed by atoms with E-state index in [0.29, 0.717) is 32.1 Å². The molecule has 2 N–H and O–H groups in total. The number of benzene rings is 1. The van der Waals surface area contributed by atoms with Crippen molar-refractivity contribution in [1.82, 2.24) is 14.9 Å². The standard InChI is InChI=1S/C19H21ClF3N5O2/c1-12(29)28-6-5-27(10-13(28)7-24)18-25-8-14(9-26-18)30-11-15-16(19(21,22)23)3-2-4-17(15)20/h2-4,8-9,13H,5-7,10-11,24H2,1H3/t13-/m0/s1. The minimum absolute atomic E-state index is 0.0291. The van der Waals surface area contributed by atoms with Crippen LogP contribution >= 0.6 is 11.6 Å². The van der Waals surface area contributed by atoms with Gasteiger partial charge in [0.2, 0.25) is 11.9 Å². The number of hydrogen-bond donors (Lipinski definition) is 1. The van der Waals surface area contributed by atoms with Gasteiger partial charge in [0.15, 0.2) is 5.75 Å². The summed E-state index contributed by atoms with van der Waals surface area (Å²) in [6, 6.07) is 3.44. The summed E-state index contributed by atoms with van der Waals surface area (Å²) in [4.78, 5) is 23.8. The molecule has 2 heterocycles. The van der Waals surface area contributed by atoms with Crippen molar-refractivity contribution in [2.24, 2.45) is 5.73 Å². The Bertz CT molecular complexity index is 895. The molecule has 0 spiro atoms. The zero-order valence-electron chi connectivity index (χ0n) is 16.2. The smallest absolute Gasteiger partial charge is 0.416 e. The van der Waals surface area contributed by atoms with Crippen LogP contribution in [-0.2, 0) is 17.6 Å². The number of amides is 1. The van der Waals surface area contributed by atoms with Gasteiger partial charge in [-0.05, 0) is 12.1 Å². The number of piperazine rings is 1. The lowest BCUT2D eigenvalue weighted by Crippen LogP contribution is -2.57. The summed E-state index contributed by atoms with van der Waals surface area (Å²) >= 11 is 5.93. The molecule has 1 amide bonds. The molecule has 1 aliphatic heterocycles. The van der Waals surface area contributed by atoms with Crippen LogP contribution in [-0.4, -0.2) is 53.0 Å². The predicted octanol–water partition coefficient (Wildman–Crippen LogP) is 2.72. The summed E-state index contributed by atoms with van der Waals surface area (Å²) in [5.41, 5.74) is 4.78. The average molecular weight is 444 g/mol. The average Bonchev–Trinajstić information content (AvgIpc) is 2.71. The highest BCUT2D eigenvalue weighted by atomic mass is 35.5. The van der Waals surface area contributed by atoms with Gasteiger partial charge in [-0.25, -0.2) is 9.97 Å². The third-order valence-corrected chi connectivity index (χ3v) is 5.22. The van der Waals surface area contributed by atoms with Crippen molar-refractivity contribution in [3.63, 3.8) is 0 Å². The first kappa shape index (κ1) is 22.1. The maximum atomic E-state index is 13.2. The molecule has 162 valence electrons. The molecule has 1 saturated heterocycles. The fraction of sp³-hybridized carbons (Fsp3) is 0.421. The van der Waals surface area contributed by atoms with Crippen molar-refractivity contribution >= 4 is 23.5 Å². The molecule has 1 aromatic heterocycles. The Labute approximate surface area is 176 Å². The Morgan fingerprint density at radius 3 is 2.60 bits per heavy atom. The highest BCUT2D eigenvalue weighted by Crippen LogP contribution is 2.35. The first-order valence-corrected chi connectivity index (χ1v) is 9.60. The minimum atomic E-state index is -4.54. The van der Waals surface area contributed by atoms with Crippen LogP contribution in [0.3, 0.4) is 0 Å². The number of ether oxygens (including phenoxy) is 1. The van der Waals surface area contributed by atoms with Crippen molar-refractivity contribution in [3.8, 4) is 5.75 Å². The van der Waals surface area contributed by atoms with E-state index < -0.39 is 11.7 Å². The molecule has 0 radical (unpaired) electrons. The summed E-state index contributed by atoms with van der Waals surface area (Å²) in [6.07, 6.45) is -1.76. The van der Waals surface area contributed by atoms with Crippen molar-refractivity contribution in [3.05, 3.63) is 46.7 Å². The summed E-state index contributed by atoms with van der Waals surface area (Å²) in [7, 11) is 0. The lowest BCUT2D eigenvalue weighted by molar-refractivity contribution is -0.138. The number of halogens is 4. The monoisotopic (exact) mass is 443 g/mol. The highest BCUT2D eigenvalue weighted by molar-refractivity contribution is 6.31. The van der Waals surface area contributed by atoms with E-state index in [1.54, 1.807) is 4.90 Å². The van der Waals surface area contributed by atoms with Crippen LogP contribution in [0.2, 0.25) is 5.02 Å². The number of carbonyl (C=O) groups excluding carboxylic acids is 1. The van der Waals surface area contributed by atoms with Gasteiger partial charge >= 0.3 is 6.18 Å². The van der Waals surface area contributed by atoms with Gasteiger partial charge in [0, 0.05) is 43.7 Å². The van der Waals surface area contributed by atoms with Gasteiger partial charge in [0.1, 0.15) is 6.61 Å². The molecule has 0 saturated carbocycles. The molecule has 1 aromatic carbocycles. The summed E-state index contributed by atoms with van der Waals surface area (Å²) in [6.45, 7) is 2.99. The van der Waals surface area contributed by atoms with E-state index >= 15 is 0 Å². The second-order valence-corrected chi connectivity index (χ2v) is 7.23. The molecular weight excluding hydrogens is 423 g/mol. The lowest BCUT2D eigenvalue weighted by Gasteiger charge is -2.40. The first-order valence-electron chi connectivity index (χ1n) is 9.22. The maximum absolute atomic E-state index is 13.2. The van der Waals surface area contributed by atoms with E-state index in [1.165, 1.54) is 31.5 Å². The Morgan fingerprint density at radius 1 is 1.30 bits per heavy atom. The van der Waals surface area contributed by atoms with Crippen molar-refractivity contribution in [2.45, 2.75) is 25.7 Å². The molecule has 7 nitrogen and oxygen atoms in total. The van der Waals surface area contributed by atoms with Crippen molar-refractivity contribution < 1.29 is 22.7 Å². The number of rotatable bonds is 5. The fourth-order valence-corrected chi connectivity index (χ4v) is 3.56. The SMILES string of the molecule is CC(=O)N1CCN(c2ncc(OCc3c(Cl)cccc3C(F)(F)F)cn2)C[C@@H]1CN. The molecule has 1 atom stereocenters. The molecule has 0 bridgehead atoms. The van der Waals surface area contributed by atoms with Gasteiger partial charge < -0.3 is 20.3 Å². The van der Waals surface area contributed by atoms with Crippen LogP contribution in [0.1, 0.15) is 18.1 Å². The molecule has 0 aliphatic carbocycles. The summed E-state index contributed by atoms with van der Waals surface area (Å²) in [5, 5.41) is -0.0291. The zero-order chi connectivity index (χ0) is 21.9. The molecule has 0 unspecified atom stereocenters. The molecule has 1 aliphatic rings. The van der Waals surface area contributed by atoms with Gasteiger partial charge in [-0.3, -0.25) is 4.79 Å². The number of nitrogens with zero attached hydrogens (tertiary/aromatic N) is 4. The fourth-order valence-electron chi connectivity index (χ4n) is 3.33.